The molecule has 2 rings (SSSR count). The van der Waals surface area contributed by atoms with E-state index in [9.17, 15) is 0 Å². The Hall–Kier alpha value is -0.450. The van der Waals surface area contributed by atoms with Gasteiger partial charge in [0.15, 0.2) is 0 Å². The van der Waals surface area contributed by atoms with E-state index in [2.05, 4.69) is 31.9 Å². The maximum Gasteiger partial charge on any atom is 0.0558 e. The molecule has 0 radical (unpaired) electrons. The molecule has 0 spiro atoms. The summed E-state index contributed by atoms with van der Waals surface area (Å²) in [6.07, 6.45) is 6.21. The Morgan fingerprint density at radius 3 is 2.87 bits per heavy atom. The zero-order valence-corrected chi connectivity index (χ0v) is 10.2. The van der Waals surface area contributed by atoms with Crippen LogP contribution in [0.1, 0.15) is 18.4 Å². The van der Waals surface area contributed by atoms with Crippen LogP contribution in [0.3, 0.4) is 0 Å². The molecule has 82 valence electrons. The highest BCUT2D eigenvalue weighted by Gasteiger charge is 2.28. The summed E-state index contributed by atoms with van der Waals surface area (Å²) in [5.74, 6) is 0. The van der Waals surface area contributed by atoms with E-state index in [1.807, 2.05) is 6.20 Å². The molecule has 0 bridgehead atoms. The van der Waals surface area contributed by atoms with Crippen molar-refractivity contribution < 1.29 is 5.11 Å². The first-order valence-electron chi connectivity index (χ1n) is 5.24. The van der Waals surface area contributed by atoms with Gasteiger partial charge in [0.1, 0.15) is 0 Å². The van der Waals surface area contributed by atoms with Crippen LogP contribution in [0.25, 0.3) is 0 Å². The standard InChI is InChI=1S/C11H15BrN2O/c12-10-5-9(6-13-7-10)8-14(3-4-15)11-1-2-11/h5-7,11,15H,1-4,8H2. The number of pyridine rings is 1. The maximum atomic E-state index is 8.98. The van der Waals surface area contributed by atoms with Gasteiger partial charge in [-0.15, -0.1) is 0 Å². The van der Waals surface area contributed by atoms with Gasteiger partial charge in [-0.05, 0) is 40.4 Å². The molecule has 0 unspecified atom stereocenters. The molecule has 0 aromatic carbocycles. The molecular formula is C11H15BrN2O. The third kappa shape index (κ3) is 3.26. The van der Waals surface area contributed by atoms with Crippen LogP contribution in [0.4, 0.5) is 0 Å². The summed E-state index contributed by atoms with van der Waals surface area (Å²) in [5, 5.41) is 8.98. The van der Waals surface area contributed by atoms with Gasteiger partial charge in [0.2, 0.25) is 0 Å². The molecule has 1 aromatic heterocycles. The fraction of sp³-hybridized carbons (Fsp3) is 0.545. The Labute approximate surface area is 98.3 Å². The molecule has 0 saturated heterocycles. The van der Waals surface area contributed by atoms with Crippen LogP contribution in [-0.2, 0) is 6.54 Å². The summed E-state index contributed by atoms with van der Waals surface area (Å²) in [4.78, 5) is 6.46. The van der Waals surface area contributed by atoms with E-state index in [0.717, 1.165) is 17.6 Å². The van der Waals surface area contributed by atoms with Crippen LogP contribution < -0.4 is 0 Å². The zero-order chi connectivity index (χ0) is 10.7. The van der Waals surface area contributed by atoms with Crippen LogP contribution in [0, 0.1) is 0 Å². The molecule has 1 aliphatic rings. The van der Waals surface area contributed by atoms with Crippen molar-refractivity contribution in [2.75, 3.05) is 13.2 Å². The minimum atomic E-state index is 0.234. The van der Waals surface area contributed by atoms with Crippen molar-refractivity contribution >= 4 is 15.9 Å². The second-order valence-electron chi connectivity index (χ2n) is 3.94. The van der Waals surface area contributed by atoms with E-state index in [4.69, 9.17) is 5.11 Å². The largest absolute Gasteiger partial charge is 0.395 e. The fourth-order valence-electron chi connectivity index (χ4n) is 1.74. The van der Waals surface area contributed by atoms with E-state index in [1.165, 1.54) is 18.4 Å². The van der Waals surface area contributed by atoms with E-state index in [1.54, 1.807) is 6.20 Å². The minimum Gasteiger partial charge on any atom is -0.395 e. The van der Waals surface area contributed by atoms with Gasteiger partial charge in [0, 0.05) is 36.0 Å². The maximum absolute atomic E-state index is 8.98. The summed E-state index contributed by atoms with van der Waals surface area (Å²) in [6.45, 7) is 1.88. The summed E-state index contributed by atoms with van der Waals surface area (Å²) >= 11 is 3.41. The van der Waals surface area contributed by atoms with Crippen LogP contribution in [-0.4, -0.2) is 34.2 Å². The highest BCUT2D eigenvalue weighted by Crippen LogP contribution is 2.28. The molecule has 3 nitrogen and oxygen atoms in total. The van der Waals surface area contributed by atoms with E-state index in [-0.39, 0.29) is 6.61 Å². The number of hydrogen-bond acceptors (Lipinski definition) is 3. The predicted octanol–water partition coefficient (Wildman–Crippen LogP) is 1.80. The minimum absolute atomic E-state index is 0.234. The Kier molecular flexibility index (Phi) is 3.72. The first-order chi connectivity index (χ1) is 7.29. The second-order valence-corrected chi connectivity index (χ2v) is 4.85. The number of aliphatic hydroxyl groups excluding tert-OH is 1. The number of nitrogens with zero attached hydrogens (tertiary/aromatic N) is 2. The van der Waals surface area contributed by atoms with Crippen molar-refractivity contribution in [3.8, 4) is 0 Å². The topological polar surface area (TPSA) is 36.4 Å². The quantitative estimate of drug-likeness (QED) is 0.887. The Bertz CT molecular complexity index is 328. The normalized spacial score (nSPS) is 15.9. The average molecular weight is 271 g/mol. The second kappa shape index (κ2) is 5.05. The molecule has 0 atom stereocenters. The van der Waals surface area contributed by atoms with Crippen LogP contribution >= 0.6 is 15.9 Å². The van der Waals surface area contributed by atoms with Crippen molar-refractivity contribution in [2.24, 2.45) is 0 Å². The molecule has 1 N–H and O–H groups in total. The Balaban J connectivity index is 1.98. The van der Waals surface area contributed by atoms with Crippen molar-refractivity contribution in [3.05, 3.63) is 28.5 Å². The van der Waals surface area contributed by atoms with Gasteiger partial charge < -0.3 is 5.11 Å². The van der Waals surface area contributed by atoms with Gasteiger partial charge in [0.25, 0.3) is 0 Å². The van der Waals surface area contributed by atoms with Gasteiger partial charge in [-0.2, -0.15) is 0 Å². The van der Waals surface area contributed by atoms with Gasteiger partial charge in [-0.1, -0.05) is 0 Å². The molecule has 0 aliphatic heterocycles. The lowest BCUT2D eigenvalue weighted by atomic mass is 10.2. The van der Waals surface area contributed by atoms with Crippen molar-refractivity contribution in [1.82, 2.24) is 9.88 Å². The molecule has 1 fully saturated rings. The van der Waals surface area contributed by atoms with Gasteiger partial charge >= 0.3 is 0 Å². The number of rotatable bonds is 5. The van der Waals surface area contributed by atoms with E-state index < -0.39 is 0 Å². The molecule has 4 heteroatoms. The summed E-state index contributed by atoms with van der Waals surface area (Å²) in [6, 6.07) is 2.76. The smallest absolute Gasteiger partial charge is 0.0558 e. The molecular weight excluding hydrogens is 256 g/mol. The Morgan fingerprint density at radius 2 is 2.27 bits per heavy atom. The number of aliphatic hydroxyl groups is 1. The number of hydrogen-bond donors (Lipinski definition) is 1. The Morgan fingerprint density at radius 1 is 1.47 bits per heavy atom. The number of halogens is 1. The average Bonchev–Trinajstić information content (AvgIpc) is 3.00. The first kappa shape index (κ1) is 11.0. The van der Waals surface area contributed by atoms with Crippen molar-refractivity contribution in [2.45, 2.75) is 25.4 Å². The van der Waals surface area contributed by atoms with E-state index in [0.29, 0.717) is 6.04 Å². The molecule has 1 saturated carbocycles. The highest BCUT2D eigenvalue weighted by molar-refractivity contribution is 9.10. The fourth-order valence-corrected chi connectivity index (χ4v) is 2.15. The first-order valence-corrected chi connectivity index (χ1v) is 6.03. The van der Waals surface area contributed by atoms with Crippen molar-refractivity contribution in [3.63, 3.8) is 0 Å². The predicted molar refractivity (Wildman–Crippen MR) is 62.5 cm³/mol. The molecule has 1 aromatic rings. The van der Waals surface area contributed by atoms with Gasteiger partial charge in [0.05, 0.1) is 6.61 Å². The third-order valence-electron chi connectivity index (χ3n) is 2.60. The van der Waals surface area contributed by atoms with Crippen LogP contribution in [0.15, 0.2) is 22.9 Å². The van der Waals surface area contributed by atoms with Crippen molar-refractivity contribution in [1.29, 1.82) is 0 Å². The monoisotopic (exact) mass is 270 g/mol. The van der Waals surface area contributed by atoms with Gasteiger partial charge in [-0.3, -0.25) is 9.88 Å². The summed E-state index contributed by atoms with van der Waals surface area (Å²) in [7, 11) is 0. The highest BCUT2D eigenvalue weighted by atomic mass is 79.9. The lowest BCUT2D eigenvalue weighted by Crippen LogP contribution is -2.28. The van der Waals surface area contributed by atoms with Crippen LogP contribution in [0.5, 0.6) is 0 Å². The zero-order valence-electron chi connectivity index (χ0n) is 8.56. The summed E-state index contributed by atoms with van der Waals surface area (Å²) < 4.78 is 1.01. The SMILES string of the molecule is OCCN(Cc1cncc(Br)c1)C1CC1. The molecule has 1 aliphatic carbocycles. The van der Waals surface area contributed by atoms with Gasteiger partial charge in [-0.25, -0.2) is 0 Å². The lowest BCUT2D eigenvalue weighted by molar-refractivity contribution is 0.183. The summed E-state index contributed by atoms with van der Waals surface area (Å²) in [5.41, 5.74) is 1.20. The number of aromatic nitrogens is 1. The molecule has 0 amide bonds. The third-order valence-corrected chi connectivity index (χ3v) is 3.03. The molecule has 15 heavy (non-hydrogen) atoms. The lowest BCUT2D eigenvalue weighted by Gasteiger charge is -2.20. The molecule has 1 heterocycles. The van der Waals surface area contributed by atoms with E-state index >= 15 is 0 Å². The van der Waals surface area contributed by atoms with Crippen LogP contribution in [0.2, 0.25) is 0 Å².